The smallest absolute Gasteiger partial charge is 0.207 e. The zero-order valence-corrected chi connectivity index (χ0v) is 14.2. The molecular weight excluding hydrogens is 288 g/mol. The van der Waals surface area contributed by atoms with E-state index in [4.69, 9.17) is 15.0 Å². The first-order valence-corrected chi connectivity index (χ1v) is 8.46. The van der Waals surface area contributed by atoms with E-state index in [0.29, 0.717) is 11.9 Å². The number of nitrogens with zero attached hydrogens (tertiary/aromatic N) is 1. The average molecular weight is 314 g/mol. The number of rotatable bonds is 6. The molecule has 124 valence electrons. The lowest BCUT2D eigenvalue weighted by Gasteiger charge is -2.28. The van der Waals surface area contributed by atoms with Crippen molar-refractivity contribution in [2.24, 2.45) is 11.7 Å². The van der Waals surface area contributed by atoms with Gasteiger partial charge in [0.25, 0.3) is 0 Å². The highest BCUT2D eigenvalue weighted by Crippen LogP contribution is 2.37. The Morgan fingerprint density at radius 2 is 1.96 bits per heavy atom. The Balaban J connectivity index is 1.79. The largest absolute Gasteiger partial charge is 0.464 e. The number of fused-ring (bicyclic) bond motifs is 1. The van der Waals surface area contributed by atoms with Crippen LogP contribution >= 0.6 is 0 Å². The van der Waals surface area contributed by atoms with Crippen LogP contribution in [0.25, 0.3) is 11.0 Å². The predicted molar refractivity (Wildman–Crippen MR) is 92.3 cm³/mol. The SMILES string of the molecule is CC(C)CCCC(C)N1OC(N)=CC1c1coc2ccccc12. The van der Waals surface area contributed by atoms with E-state index in [1.807, 2.05) is 35.6 Å². The van der Waals surface area contributed by atoms with Crippen molar-refractivity contribution in [3.8, 4) is 0 Å². The molecule has 0 bridgehead atoms. The van der Waals surface area contributed by atoms with E-state index in [-0.39, 0.29) is 6.04 Å². The van der Waals surface area contributed by atoms with E-state index >= 15 is 0 Å². The molecule has 2 unspecified atom stereocenters. The third-order valence-electron chi connectivity index (χ3n) is 4.47. The number of hydroxylamine groups is 2. The van der Waals surface area contributed by atoms with E-state index in [9.17, 15) is 0 Å². The summed E-state index contributed by atoms with van der Waals surface area (Å²) in [4.78, 5) is 5.80. The third-order valence-corrected chi connectivity index (χ3v) is 4.47. The van der Waals surface area contributed by atoms with Crippen LogP contribution in [0.4, 0.5) is 0 Å². The highest BCUT2D eigenvalue weighted by Gasteiger charge is 2.33. The molecule has 0 saturated heterocycles. The van der Waals surface area contributed by atoms with E-state index < -0.39 is 0 Å². The number of hydrogen-bond acceptors (Lipinski definition) is 4. The van der Waals surface area contributed by atoms with Crippen LogP contribution in [0.15, 0.2) is 46.9 Å². The molecule has 0 spiro atoms. The molecule has 1 aromatic carbocycles. The topological polar surface area (TPSA) is 51.6 Å². The van der Waals surface area contributed by atoms with Crippen molar-refractivity contribution in [2.75, 3.05) is 0 Å². The summed E-state index contributed by atoms with van der Waals surface area (Å²) in [6.45, 7) is 6.72. The summed E-state index contributed by atoms with van der Waals surface area (Å²) >= 11 is 0. The number of furan rings is 1. The minimum atomic E-state index is 0.00713. The van der Waals surface area contributed by atoms with Gasteiger partial charge >= 0.3 is 0 Å². The molecule has 2 heterocycles. The standard InChI is InChI=1S/C19H26N2O2/c1-13(2)7-6-8-14(3)21-17(11-19(20)23-21)16-12-22-18-10-5-4-9-15(16)18/h4-5,9-14,17H,6-8,20H2,1-3H3. The van der Waals surface area contributed by atoms with Crippen LogP contribution < -0.4 is 5.73 Å². The van der Waals surface area contributed by atoms with Crippen LogP contribution in [0.3, 0.4) is 0 Å². The zero-order valence-electron chi connectivity index (χ0n) is 14.2. The summed E-state index contributed by atoms with van der Waals surface area (Å²) in [5.74, 6) is 1.20. The van der Waals surface area contributed by atoms with Gasteiger partial charge in [-0.15, -0.1) is 5.06 Å². The minimum Gasteiger partial charge on any atom is -0.464 e. The summed E-state index contributed by atoms with van der Waals surface area (Å²) in [6.07, 6.45) is 7.31. The maximum atomic E-state index is 5.95. The van der Waals surface area contributed by atoms with Crippen LogP contribution in [0, 0.1) is 5.92 Å². The molecule has 2 N–H and O–H groups in total. The molecule has 1 aliphatic heterocycles. The van der Waals surface area contributed by atoms with Crippen LogP contribution in [0.1, 0.15) is 51.6 Å². The second kappa shape index (κ2) is 6.67. The van der Waals surface area contributed by atoms with Gasteiger partial charge in [0.05, 0.1) is 12.3 Å². The van der Waals surface area contributed by atoms with Crippen molar-refractivity contribution in [1.29, 1.82) is 0 Å². The zero-order chi connectivity index (χ0) is 16.4. The normalized spacial score (nSPS) is 20.0. The molecule has 0 amide bonds. The van der Waals surface area contributed by atoms with Crippen molar-refractivity contribution in [3.05, 3.63) is 48.1 Å². The molecule has 0 aliphatic carbocycles. The molecule has 0 saturated carbocycles. The fourth-order valence-electron chi connectivity index (χ4n) is 3.21. The van der Waals surface area contributed by atoms with Gasteiger partial charge in [0.15, 0.2) is 0 Å². The Morgan fingerprint density at radius 1 is 1.17 bits per heavy atom. The predicted octanol–water partition coefficient (Wildman–Crippen LogP) is 4.74. The summed E-state index contributed by atoms with van der Waals surface area (Å²) in [7, 11) is 0. The van der Waals surface area contributed by atoms with Gasteiger partial charge in [0.2, 0.25) is 5.88 Å². The Kier molecular flexibility index (Phi) is 4.62. The summed E-state index contributed by atoms with van der Waals surface area (Å²) < 4.78 is 5.69. The molecule has 23 heavy (non-hydrogen) atoms. The van der Waals surface area contributed by atoms with Crippen molar-refractivity contribution in [2.45, 2.75) is 52.1 Å². The van der Waals surface area contributed by atoms with Gasteiger partial charge in [-0.2, -0.15) is 0 Å². The second-order valence-corrected chi connectivity index (χ2v) is 6.83. The molecule has 2 aromatic rings. The molecular formula is C19H26N2O2. The number of nitrogens with two attached hydrogens (primary N) is 1. The van der Waals surface area contributed by atoms with E-state index in [2.05, 4.69) is 26.8 Å². The second-order valence-electron chi connectivity index (χ2n) is 6.83. The quantitative estimate of drug-likeness (QED) is 0.837. The van der Waals surface area contributed by atoms with E-state index in [1.54, 1.807) is 0 Å². The van der Waals surface area contributed by atoms with Gasteiger partial charge < -0.3 is 15.0 Å². The Labute approximate surface area is 137 Å². The number of para-hydroxylation sites is 1. The molecule has 0 fully saturated rings. The highest BCUT2D eigenvalue weighted by molar-refractivity contribution is 5.81. The molecule has 3 rings (SSSR count). The van der Waals surface area contributed by atoms with Gasteiger partial charge in [0, 0.05) is 23.1 Å². The molecule has 1 aliphatic rings. The Hall–Kier alpha value is -1.94. The van der Waals surface area contributed by atoms with Crippen LogP contribution in [-0.4, -0.2) is 11.1 Å². The van der Waals surface area contributed by atoms with Gasteiger partial charge in [-0.3, -0.25) is 0 Å². The molecule has 4 nitrogen and oxygen atoms in total. The van der Waals surface area contributed by atoms with E-state index in [1.165, 1.54) is 12.8 Å². The molecule has 2 atom stereocenters. The van der Waals surface area contributed by atoms with Crippen LogP contribution in [0.2, 0.25) is 0 Å². The molecule has 0 radical (unpaired) electrons. The third kappa shape index (κ3) is 3.37. The molecule has 1 aromatic heterocycles. The lowest BCUT2D eigenvalue weighted by Crippen LogP contribution is -2.32. The van der Waals surface area contributed by atoms with E-state index in [0.717, 1.165) is 28.9 Å². The lowest BCUT2D eigenvalue weighted by molar-refractivity contribution is -0.149. The van der Waals surface area contributed by atoms with Crippen molar-refractivity contribution >= 4 is 11.0 Å². The maximum absolute atomic E-state index is 5.95. The van der Waals surface area contributed by atoms with Crippen LogP contribution in [0.5, 0.6) is 0 Å². The fraction of sp³-hybridized carbons (Fsp3) is 0.474. The van der Waals surface area contributed by atoms with Crippen molar-refractivity contribution < 1.29 is 9.25 Å². The molecule has 4 heteroatoms. The minimum absolute atomic E-state index is 0.00713. The first-order chi connectivity index (χ1) is 11.1. The van der Waals surface area contributed by atoms with Gasteiger partial charge in [-0.25, -0.2) is 0 Å². The van der Waals surface area contributed by atoms with Crippen LogP contribution in [-0.2, 0) is 4.84 Å². The monoisotopic (exact) mass is 314 g/mol. The first-order valence-electron chi connectivity index (χ1n) is 8.46. The summed E-state index contributed by atoms with van der Waals surface area (Å²) in [6, 6.07) is 8.38. The summed E-state index contributed by atoms with van der Waals surface area (Å²) in [5, 5.41) is 3.12. The summed E-state index contributed by atoms with van der Waals surface area (Å²) in [5.41, 5.74) is 7.95. The van der Waals surface area contributed by atoms with Gasteiger partial charge in [0.1, 0.15) is 5.58 Å². The van der Waals surface area contributed by atoms with Gasteiger partial charge in [-0.1, -0.05) is 44.9 Å². The van der Waals surface area contributed by atoms with Crippen molar-refractivity contribution in [3.63, 3.8) is 0 Å². The number of hydrogen-bond donors (Lipinski definition) is 1. The van der Waals surface area contributed by atoms with Gasteiger partial charge in [-0.05, 0) is 25.3 Å². The average Bonchev–Trinajstić information content (AvgIpc) is 3.10. The number of benzene rings is 1. The Morgan fingerprint density at radius 3 is 2.74 bits per heavy atom. The fourth-order valence-corrected chi connectivity index (χ4v) is 3.21. The maximum Gasteiger partial charge on any atom is 0.207 e. The lowest BCUT2D eigenvalue weighted by atomic mass is 10.0. The van der Waals surface area contributed by atoms with Crippen molar-refractivity contribution in [1.82, 2.24) is 5.06 Å². The highest BCUT2D eigenvalue weighted by atomic mass is 16.7. The Bertz CT molecular complexity index is 689. The first kappa shape index (κ1) is 15.9.